The molecule has 4 nitrogen and oxygen atoms in total. The van der Waals surface area contributed by atoms with E-state index in [-0.39, 0.29) is 12.2 Å². The zero-order valence-corrected chi connectivity index (χ0v) is 12.9. The highest BCUT2D eigenvalue weighted by molar-refractivity contribution is 9.10. The minimum absolute atomic E-state index is 0.168. The van der Waals surface area contributed by atoms with E-state index in [0.29, 0.717) is 10.4 Å². The van der Waals surface area contributed by atoms with E-state index >= 15 is 0 Å². The number of halogens is 3. The molecule has 0 aliphatic rings. The third-order valence-corrected chi connectivity index (χ3v) is 3.39. The molecule has 1 aromatic heterocycles. The molecular formula is C13H14BrF2N3O. The van der Waals surface area contributed by atoms with Gasteiger partial charge in [-0.15, -0.1) is 0 Å². The van der Waals surface area contributed by atoms with Gasteiger partial charge in [-0.25, -0.2) is 13.5 Å². The normalized spacial score (nSPS) is 10.7. The molecule has 0 unspecified atom stereocenters. The Morgan fingerprint density at radius 2 is 1.95 bits per heavy atom. The van der Waals surface area contributed by atoms with Crippen molar-refractivity contribution in [2.45, 2.75) is 13.5 Å². The van der Waals surface area contributed by atoms with E-state index in [2.05, 4.69) is 26.3 Å². The molecule has 0 fully saturated rings. The van der Waals surface area contributed by atoms with Gasteiger partial charge in [0.05, 0.1) is 18.4 Å². The highest BCUT2D eigenvalue weighted by Crippen LogP contribution is 2.26. The monoisotopic (exact) mass is 345 g/mol. The molecule has 0 spiro atoms. The highest BCUT2D eigenvalue weighted by atomic mass is 79.9. The average molecular weight is 346 g/mol. The fourth-order valence-electron chi connectivity index (χ4n) is 2.03. The molecule has 0 bridgehead atoms. The number of aryl methyl sites for hydroxylation is 2. The molecule has 0 saturated heterocycles. The predicted molar refractivity (Wildman–Crippen MR) is 75.9 cm³/mol. The average Bonchev–Trinajstić information content (AvgIpc) is 2.62. The first kappa shape index (κ1) is 14.8. The Hall–Kier alpha value is -1.63. The number of rotatable bonds is 4. The molecule has 1 aromatic carbocycles. The SMILES string of the molecule is COc1c(CNc2c(F)cc(Br)cc2F)c(C)nn1C. The van der Waals surface area contributed by atoms with Crippen LogP contribution in [0.1, 0.15) is 11.3 Å². The van der Waals surface area contributed by atoms with E-state index in [9.17, 15) is 8.78 Å². The summed E-state index contributed by atoms with van der Waals surface area (Å²) in [4.78, 5) is 0. The van der Waals surface area contributed by atoms with Gasteiger partial charge in [0.1, 0.15) is 17.3 Å². The second kappa shape index (κ2) is 5.78. The van der Waals surface area contributed by atoms with Crippen LogP contribution < -0.4 is 10.1 Å². The molecule has 108 valence electrons. The van der Waals surface area contributed by atoms with E-state index in [0.717, 1.165) is 11.3 Å². The van der Waals surface area contributed by atoms with Crippen LogP contribution in [0.4, 0.5) is 14.5 Å². The molecule has 0 aliphatic carbocycles. The molecule has 0 atom stereocenters. The molecule has 0 radical (unpaired) electrons. The number of aromatic nitrogens is 2. The van der Waals surface area contributed by atoms with Gasteiger partial charge in [-0.05, 0) is 19.1 Å². The van der Waals surface area contributed by atoms with Crippen molar-refractivity contribution in [3.05, 3.63) is 39.5 Å². The van der Waals surface area contributed by atoms with E-state index in [1.165, 1.54) is 19.2 Å². The molecule has 2 rings (SSSR count). The lowest BCUT2D eigenvalue weighted by atomic mass is 10.2. The Labute approximate surface area is 123 Å². The maximum Gasteiger partial charge on any atom is 0.216 e. The number of nitrogens with zero attached hydrogens (tertiary/aromatic N) is 2. The van der Waals surface area contributed by atoms with Crippen LogP contribution in [-0.4, -0.2) is 16.9 Å². The Morgan fingerprint density at radius 1 is 1.35 bits per heavy atom. The minimum atomic E-state index is -0.655. The largest absolute Gasteiger partial charge is 0.481 e. The first-order valence-electron chi connectivity index (χ1n) is 5.89. The fourth-order valence-corrected chi connectivity index (χ4v) is 2.43. The molecule has 0 aliphatic heterocycles. The van der Waals surface area contributed by atoms with Gasteiger partial charge in [0.2, 0.25) is 5.88 Å². The zero-order valence-electron chi connectivity index (χ0n) is 11.3. The van der Waals surface area contributed by atoms with Crippen molar-refractivity contribution in [2.24, 2.45) is 7.05 Å². The smallest absolute Gasteiger partial charge is 0.216 e. The number of nitrogens with one attached hydrogen (secondary N) is 1. The lowest BCUT2D eigenvalue weighted by Crippen LogP contribution is -2.06. The van der Waals surface area contributed by atoms with Crippen molar-refractivity contribution >= 4 is 21.6 Å². The third-order valence-electron chi connectivity index (χ3n) is 2.93. The van der Waals surface area contributed by atoms with E-state index in [1.54, 1.807) is 11.7 Å². The van der Waals surface area contributed by atoms with Crippen LogP contribution >= 0.6 is 15.9 Å². The molecule has 7 heteroatoms. The quantitative estimate of drug-likeness (QED) is 0.923. The van der Waals surface area contributed by atoms with Crippen LogP contribution in [0.15, 0.2) is 16.6 Å². The van der Waals surface area contributed by atoms with Crippen molar-refractivity contribution in [1.29, 1.82) is 0 Å². The summed E-state index contributed by atoms with van der Waals surface area (Å²) in [5, 5.41) is 6.96. The Kier molecular flexibility index (Phi) is 4.27. The van der Waals surface area contributed by atoms with Crippen LogP contribution in [0.5, 0.6) is 5.88 Å². The number of hydrogen-bond acceptors (Lipinski definition) is 3. The predicted octanol–water partition coefficient (Wildman–Crippen LogP) is 3.39. The van der Waals surface area contributed by atoms with Gasteiger partial charge in [-0.3, -0.25) is 0 Å². The second-order valence-electron chi connectivity index (χ2n) is 4.29. The standard InChI is InChI=1S/C13H14BrF2N3O/c1-7-9(13(20-3)19(2)18-7)6-17-12-10(15)4-8(14)5-11(12)16/h4-5,17H,6H2,1-3H3. The summed E-state index contributed by atoms with van der Waals surface area (Å²) in [6.07, 6.45) is 0. The molecule has 1 N–H and O–H groups in total. The first-order chi connectivity index (χ1) is 9.43. The van der Waals surface area contributed by atoms with Crippen LogP contribution in [0.2, 0.25) is 0 Å². The summed E-state index contributed by atoms with van der Waals surface area (Å²) < 4.78 is 34.6. The zero-order chi connectivity index (χ0) is 14.9. The number of anilines is 1. The van der Waals surface area contributed by atoms with Crippen LogP contribution in [-0.2, 0) is 13.6 Å². The molecule has 0 saturated carbocycles. The van der Waals surface area contributed by atoms with Gasteiger partial charge in [0.15, 0.2) is 0 Å². The molecule has 1 heterocycles. The number of ether oxygens (including phenoxy) is 1. The topological polar surface area (TPSA) is 39.1 Å². The van der Waals surface area contributed by atoms with Crippen molar-refractivity contribution in [3.63, 3.8) is 0 Å². The molecule has 2 aromatic rings. The minimum Gasteiger partial charge on any atom is -0.481 e. The summed E-state index contributed by atoms with van der Waals surface area (Å²) in [6.45, 7) is 2.03. The first-order valence-corrected chi connectivity index (χ1v) is 6.68. The van der Waals surface area contributed by atoms with Gasteiger partial charge >= 0.3 is 0 Å². The number of hydrogen-bond donors (Lipinski definition) is 1. The highest BCUT2D eigenvalue weighted by Gasteiger charge is 2.16. The third kappa shape index (κ3) is 2.77. The fraction of sp³-hybridized carbons (Fsp3) is 0.308. The summed E-state index contributed by atoms with van der Waals surface area (Å²) in [7, 11) is 3.27. The van der Waals surface area contributed by atoms with Crippen molar-refractivity contribution in [1.82, 2.24) is 9.78 Å². The summed E-state index contributed by atoms with van der Waals surface area (Å²) >= 11 is 3.04. The van der Waals surface area contributed by atoms with E-state index < -0.39 is 11.6 Å². The summed E-state index contributed by atoms with van der Waals surface area (Å²) in [5.41, 5.74) is 1.34. The lowest BCUT2D eigenvalue weighted by molar-refractivity contribution is 0.369. The molecular weight excluding hydrogens is 332 g/mol. The van der Waals surface area contributed by atoms with Crippen LogP contribution in [0.3, 0.4) is 0 Å². The van der Waals surface area contributed by atoms with Crippen molar-refractivity contribution in [2.75, 3.05) is 12.4 Å². The van der Waals surface area contributed by atoms with Crippen LogP contribution in [0, 0.1) is 18.6 Å². The van der Waals surface area contributed by atoms with Gasteiger partial charge < -0.3 is 10.1 Å². The van der Waals surface area contributed by atoms with Gasteiger partial charge in [0.25, 0.3) is 0 Å². The summed E-state index contributed by atoms with van der Waals surface area (Å²) in [6, 6.07) is 2.41. The maximum atomic E-state index is 13.7. The van der Waals surface area contributed by atoms with Gasteiger partial charge in [-0.2, -0.15) is 5.10 Å². The van der Waals surface area contributed by atoms with Crippen LogP contribution in [0.25, 0.3) is 0 Å². The van der Waals surface area contributed by atoms with E-state index in [1.807, 2.05) is 6.92 Å². The molecule has 20 heavy (non-hydrogen) atoms. The number of benzene rings is 1. The number of methoxy groups -OCH3 is 1. The van der Waals surface area contributed by atoms with Crippen molar-refractivity contribution in [3.8, 4) is 5.88 Å². The van der Waals surface area contributed by atoms with E-state index in [4.69, 9.17) is 4.74 Å². The Balaban J connectivity index is 2.26. The van der Waals surface area contributed by atoms with Crippen molar-refractivity contribution < 1.29 is 13.5 Å². The lowest BCUT2D eigenvalue weighted by Gasteiger charge is -2.10. The second-order valence-corrected chi connectivity index (χ2v) is 5.21. The molecule has 0 amide bonds. The Bertz CT molecular complexity index is 620. The van der Waals surface area contributed by atoms with Gasteiger partial charge in [-0.1, -0.05) is 15.9 Å². The summed E-state index contributed by atoms with van der Waals surface area (Å²) in [5.74, 6) is -0.748. The Morgan fingerprint density at radius 3 is 2.50 bits per heavy atom. The maximum absolute atomic E-state index is 13.7. The van der Waals surface area contributed by atoms with Gasteiger partial charge in [0, 0.05) is 18.1 Å².